The largest absolute Gasteiger partial charge is 0.355 e. The smallest absolute Gasteiger partial charge is 0.282 e. The molecule has 0 bridgehead atoms. The summed E-state index contributed by atoms with van der Waals surface area (Å²) >= 11 is 6.32. The summed E-state index contributed by atoms with van der Waals surface area (Å²) < 4.78 is 43.4. The van der Waals surface area contributed by atoms with Crippen LogP contribution in [-0.2, 0) is 4.79 Å². The SMILES string of the molecule is O=CNc1cn2cc(-c3c(Cl)c(F)c(N4CC(F)(F)C4)c4[nH]ncc34)ncc2n1. The lowest BCUT2D eigenvalue weighted by Gasteiger charge is -2.40. The standard InChI is InChI=1S/C17H11ClF3N7O/c18-13-12(9-3-27-4-10(23-7-29)25-11(27)2-22-9)8-1-24-26-15(8)16(14(13)19)28-5-17(20,21)6-28/h1-4,7H,5-6H2,(H,23,29)(H,24,26). The molecule has 8 nitrogen and oxygen atoms in total. The van der Waals surface area contributed by atoms with Crippen molar-refractivity contribution in [3.05, 3.63) is 35.6 Å². The van der Waals surface area contributed by atoms with Crippen LogP contribution in [0.15, 0.2) is 24.8 Å². The van der Waals surface area contributed by atoms with Gasteiger partial charge in [-0.1, -0.05) is 11.6 Å². The van der Waals surface area contributed by atoms with Crippen LogP contribution in [0.2, 0.25) is 5.02 Å². The van der Waals surface area contributed by atoms with Crippen molar-refractivity contribution >= 4 is 46.1 Å². The number of aromatic nitrogens is 5. The molecule has 1 aliphatic heterocycles. The van der Waals surface area contributed by atoms with Crippen molar-refractivity contribution < 1.29 is 18.0 Å². The Kier molecular flexibility index (Phi) is 3.72. The molecular weight excluding hydrogens is 411 g/mol. The number of anilines is 2. The van der Waals surface area contributed by atoms with Crippen LogP contribution in [0.1, 0.15) is 0 Å². The first-order chi connectivity index (χ1) is 13.9. The normalized spacial score (nSPS) is 15.7. The number of hydrogen-bond donors (Lipinski definition) is 2. The third kappa shape index (κ3) is 2.69. The second kappa shape index (κ2) is 6.08. The molecule has 5 rings (SSSR count). The second-order valence-electron chi connectivity index (χ2n) is 6.65. The number of imidazole rings is 1. The first-order valence-electron chi connectivity index (χ1n) is 8.40. The minimum absolute atomic E-state index is 0.0432. The molecule has 2 N–H and O–H groups in total. The first kappa shape index (κ1) is 17.7. The lowest BCUT2D eigenvalue weighted by atomic mass is 10.0. The summed E-state index contributed by atoms with van der Waals surface area (Å²) in [5, 5.41) is 9.24. The van der Waals surface area contributed by atoms with Crippen LogP contribution < -0.4 is 10.2 Å². The molecule has 0 spiro atoms. The highest BCUT2D eigenvalue weighted by atomic mass is 35.5. The minimum atomic E-state index is -2.87. The summed E-state index contributed by atoms with van der Waals surface area (Å²) in [6.45, 7) is -1.20. The summed E-state index contributed by atoms with van der Waals surface area (Å²) in [6.07, 6.45) is 6.51. The number of rotatable bonds is 4. The van der Waals surface area contributed by atoms with Crippen LogP contribution in [0.3, 0.4) is 0 Å². The Morgan fingerprint density at radius 3 is 2.79 bits per heavy atom. The monoisotopic (exact) mass is 421 g/mol. The number of amides is 1. The number of nitrogens with zero attached hydrogens (tertiary/aromatic N) is 5. The maximum atomic E-state index is 15.1. The molecule has 29 heavy (non-hydrogen) atoms. The van der Waals surface area contributed by atoms with E-state index in [1.165, 1.54) is 17.3 Å². The Morgan fingerprint density at radius 2 is 2.07 bits per heavy atom. The van der Waals surface area contributed by atoms with Crippen molar-refractivity contribution in [2.24, 2.45) is 0 Å². The van der Waals surface area contributed by atoms with E-state index in [-0.39, 0.29) is 21.8 Å². The van der Waals surface area contributed by atoms with Gasteiger partial charge in [0.05, 0.1) is 47.9 Å². The summed E-state index contributed by atoms with van der Waals surface area (Å²) in [6, 6.07) is 0. The first-order valence-corrected chi connectivity index (χ1v) is 8.78. The van der Waals surface area contributed by atoms with Crippen LogP contribution in [0, 0.1) is 5.82 Å². The van der Waals surface area contributed by atoms with E-state index in [1.807, 2.05) is 0 Å². The molecule has 4 heterocycles. The molecule has 4 aromatic rings. The van der Waals surface area contributed by atoms with Gasteiger partial charge in [0.2, 0.25) is 6.41 Å². The van der Waals surface area contributed by atoms with Gasteiger partial charge in [-0.15, -0.1) is 0 Å². The van der Waals surface area contributed by atoms with E-state index in [4.69, 9.17) is 11.6 Å². The van der Waals surface area contributed by atoms with E-state index in [1.54, 1.807) is 16.8 Å². The number of carbonyl (C=O) groups is 1. The molecular formula is C17H11ClF3N7O. The number of hydrogen-bond acceptors (Lipinski definition) is 5. The fraction of sp³-hybridized carbons (Fsp3) is 0.176. The molecule has 1 amide bonds. The van der Waals surface area contributed by atoms with Gasteiger partial charge in [0.1, 0.15) is 5.69 Å². The van der Waals surface area contributed by atoms with Crippen molar-refractivity contribution in [1.82, 2.24) is 24.6 Å². The molecule has 1 fully saturated rings. The van der Waals surface area contributed by atoms with Gasteiger partial charge in [-0.3, -0.25) is 14.9 Å². The highest BCUT2D eigenvalue weighted by Crippen LogP contribution is 2.44. The lowest BCUT2D eigenvalue weighted by molar-refractivity contribution is -0.105. The van der Waals surface area contributed by atoms with Crippen molar-refractivity contribution in [3.63, 3.8) is 0 Å². The van der Waals surface area contributed by atoms with Crippen LogP contribution >= 0.6 is 11.6 Å². The number of aromatic amines is 1. The van der Waals surface area contributed by atoms with Gasteiger partial charge in [-0.2, -0.15) is 5.10 Å². The molecule has 148 valence electrons. The van der Waals surface area contributed by atoms with Gasteiger partial charge in [-0.05, 0) is 0 Å². The molecule has 0 radical (unpaired) electrons. The number of benzene rings is 1. The average molecular weight is 422 g/mol. The molecule has 0 unspecified atom stereocenters. The number of fused-ring (bicyclic) bond motifs is 2. The topological polar surface area (TPSA) is 91.2 Å². The number of halogens is 4. The van der Waals surface area contributed by atoms with Gasteiger partial charge in [0.15, 0.2) is 17.3 Å². The zero-order chi connectivity index (χ0) is 20.3. The third-order valence-corrected chi connectivity index (χ3v) is 5.09. The molecule has 1 aliphatic rings. The maximum absolute atomic E-state index is 15.1. The zero-order valence-electron chi connectivity index (χ0n) is 14.5. The van der Waals surface area contributed by atoms with E-state index in [0.717, 1.165) is 0 Å². The fourth-order valence-corrected chi connectivity index (χ4v) is 3.76. The highest BCUT2D eigenvalue weighted by molar-refractivity contribution is 6.36. The van der Waals surface area contributed by atoms with E-state index < -0.39 is 24.8 Å². The quantitative estimate of drug-likeness (QED) is 0.494. The number of H-pyrrole nitrogens is 1. The van der Waals surface area contributed by atoms with Crippen molar-refractivity contribution in [3.8, 4) is 11.3 Å². The van der Waals surface area contributed by atoms with Gasteiger partial charge >= 0.3 is 0 Å². The van der Waals surface area contributed by atoms with Crippen molar-refractivity contribution in [1.29, 1.82) is 0 Å². The Morgan fingerprint density at radius 1 is 1.28 bits per heavy atom. The predicted molar refractivity (Wildman–Crippen MR) is 99.9 cm³/mol. The van der Waals surface area contributed by atoms with E-state index >= 15 is 4.39 Å². The van der Waals surface area contributed by atoms with Crippen molar-refractivity contribution in [2.45, 2.75) is 5.92 Å². The second-order valence-corrected chi connectivity index (χ2v) is 7.03. The summed E-state index contributed by atoms with van der Waals surface area (Å²) in [5.41, 5.74) is 1.26. The Labute approximate surface area is 165 Å². The summed E-state index contributed by atoms with van der Waals surface area (Å²) in [7, 11) is 0. The molecule has 0 aliphatic carbocycles. The summed E-state index contributed by atoms with van der Waals surface area (Å²) in [5.74, 6) is -3.38. The number of carbonyl (C=O) groups excluding carboxylic acids is 1. The zero-order valence-corrected chi connectivity index (χ0v) is 15.2. The Bertz CT molecular complexity index is 1280. The van der Waals surface area contributed by atoms with E-state index in [9.17, 15) is 13.6 Å². The molecule has 0 saturated carbocycles. The lowest BCUT2D eigenvalue weighted by Crippen LogP contribution is -2.56. The predicted octanol–water partition coefficient (Wildman–Crippen LogP) is 3.09. The van der Waals surface area contributed by atoms with Crippen LogP contribution in [0.4, 0.5) is 24.7 Å². The number of nitrogens with one attached hydrogen (secondary N) is 2. The number of alkyl halides is 2. The average Bonchev–Trinajstić information content (AvgIpc) is 3.27. The molecule has 1 aromatic carbocycles. The van der Waals surface area contributed by atoms with Crippen LogP contribution in [0.25, 0.3) is 27.8 Å². The van der Waals surface area contributed by atoms with Crippen LogP contribution in [0.5, 0.6) is 0 Å². The Hall–Kier alpha value is -3.34. The van der Waals surface area contributed by atoms with Crippen LogP contribution in [-0.4, -0.2) is 50.0 Å². The van der Waals surface area contributed by atoms with Gasteiger partial charge in [0.25, 0.3) is 5.92 Å². The maximum Gasteiger partial charge on any atom is 0.282 e. The fourth-order valence-electron chi connectivity index (χ4n) is 3.47. The Balaban J connectivity index is 1.68. The van der Waals surface area contributed by atoms with Gasteiger partial charge < -0.3 is 14.6 Å². The van der Waals surface area contributed by atoms with E-state index in [0.29, 0.717) is 29.0 Å². The minimum Gasteiger partial charge on any atom is -0.355 e. The highest BCUT2D eigenvalue weighted by Gasteiger charge is 2.46. The van der Waals surface area contributed by atoms with E-state index in [2.05, 4.69) is 25.5 Å². The molecule has 0 atom stereocenters. The molecule has 3 aromatic heterocycles. The summed E-state index contributed by atoms with van der Waals surface area (Å²) in [4.78, 5) is 20.3. The molecule has 12 heteroatoms. The molecule has 1 saturated heterocycles. The third-order valence-electron chi connectivity index (χ3n) is 4.73. The van der Waals surface area contributed by atoms with Crippen molar-refractivity contribution in [2.75, 3.05) is 23.3 Å². The van der Waals surface area contributed by atoms with Gasteiger partial charge in [0, 0.05) is 17.1 Å². The van der Waals surface area contributed by atoms with Gasteiger partial charge in [-0.25, -0.2) is 18.2 Å².